The van der Waals surface area contributed by atoms with E-state index in [1.165, 1.54) is 5.01 Å². The van der Waals surface area contributed by atoms with E-state index in [2.05, 4.69) is 12.0 Å². The molecular formula is C21H27N3O4. The molecule has 0 unspecified atom stereocenters. The van der Waals surface area contributed by atoms with Gasteiger partial charge in [0.05, 0.1) is 18.7 Å². The summed E-state index contributed by atoms with van der Waals surface area (Å²) in [7, 11) is 0. The number of likely N-dealkylation sites (tertiary alicyclic amines) is 1. The van der Waals surface area contributed by atoms with E-state index < -0.39 is 5.97 Å². The molecule has 28 heavy (non-hydrogen) atoms. The van der Waals surface area contributed by atoms with Gasteiger partial charge in [-0.05, 0) is 24.3 Å². The van der Waals surface area contributed by atoms with Gasteiger partial charge in [0.15, 0.2) is 6.61 Å². The zero-order valence-electron chi connectivity index (χ0n) is 16.3. The summed E-state index contributed by atoms with van der Waals surface area (Å²) in [6, 6.07) is 9.73. The van der Waals surface area contributed by atoms with E-state index in [1.54, 1.807) is 4.90 Å². The van der Waals surface area contributed by atoms with Crippen LogP contribution < -0.4 is 0 Å². The first-order valence-corrected chi connectivity index (χ1v) is 9.89. The van der Waals surface area contributed by atoms with Gasteiger partial charge in [-0.3, -0.25) is 14.4 Å². The maximum Gasteiger partial charge on any atom is 0.306 e. The van der Waals surface area contributed by atoms with E-state index in [9.17, 15) is 14.4 Å². The Morgan fingerprint density at radius 1 is 1.04 bits per heavy atom. The molecule has 0 bridgehead atoms. The van der Waals surface area contributed by atoms with Crippen molar-refractivity contribution in [3.05, 3.63) is 35.9 Å². The molecule has 0 radical (unpaired) electrons. The molecule has 1 aromatic rings. The topological polar surface area (TPSA) is 79.3 Å². The first-order valence-electron chi connectivity index (χ1n) is 9.89. The smallest absolute Gasteiger partial charge is 0.306 e. The van der Waals surface area contributed by atoms with Crippen molar-refractivity contribution in [3.63, 3.8) is 0 Å². The van der Waals surface area contributed by atoms with Gasteiger partial charge in [-0.15, -0.1) is 0 Å². The first-order chi connectivity index (χ1) is 13.5. The summed E-state index contributed by atoms with van der Waals surface area (Å²) in [5.74, 6) is -0.269. The van der Waals surface area contributed by atoms with E-state index in [0.717, 1.165) is 24.1 Å². The second kappa shape index (κ2) is 9.48. The number of nitrogens with zero attached hydrogens (tertiary/aromatic N) is 3. The molecule has 0 atom stereocenters. The molecule has 1 saturated heterocycles. The zero-order valence-corrected chi connectivity index (χ0v) is 16.3. The van der Waals surface area contributed by atoms with Crippen LogP contribution in [0.1, 0.15) is 44.6 Å². The molecule has 0 N–H and O–H groups in total. The minimum atomic E-state index is -0.529. The predicted molar refractivity (Wildman–Crippen MR) is 104 cm³/mol. The molecule has 0 spiro atoms. The molecular weight excluding hydrogens is 358 g/mol. The van der Waals surface area contributed by atoms with Gasteiger partial charge in [0.2, 0.25) is 5.91 Å². The number of rotatable bonds is 6. The van der Waals surface area contributed by atoms with Gasteiger partial charge in [0.1, 0.15) is 0 Å². The fourth-order valence-corrected chi connectivity index (χ4v) is 3.37. The highest BCUT2D eigenvalue weighted by atomic mass is 16.5. The molecule has 7 heteroatoms. The lowest BCUT2D eigenvalue weighted by Crippen LogP contribution is -2.40. The molecule has 1 aromatic carbocycles. The van der Waals surface area contributed by atoms with Crippen molar-refractivity contribution in [2.45, 2.75) is 39.0 Å². The number of amides is 2. The van der Waals surface area contributed by atoms with Gasteiger partial charge >= 0.3 is 5.97 Å². The van der Waals surface area contributed by atoms with E-state index in [4.69, 9.17) is 4.74 Å². The summed E-state index contributed by atoms with van der Waals surface area (Å²) >= 11 is 0. The third kappa shape index (κ3) is 5.41. The van der Waals surface area contributed by atoms with E-state index >= 15 is 0 Å². The number of carbonyl (C=O) groups is 3. The van der Waals surface area contributed by atoms with Crippen LogP contribution in [0.5, 0.6) is 0 Å². The maximum absolute atomic E-state index is 12.3. The SMILES string of the molecule is CC1CCN(C(=O)COC(=O)CCC(=O)N2CCC(c3ccccc3)=N2)CC1. The van der Waals surface area contributed by atoms with Crippen molar-refractivity contribution < 1.29 is 19.1 Å². The number of carbonyl (C=O) groups excluding carboxylic acids is 3. The van der Waals surface area contributed by atoms with Crippen molar-refractivity contribution in [1.29, 1.82) is 0 Å². The molecule has 150 valence electrons. The Balaban J connectivity index is 1.38. The van der Waals surface area contributed by atoms with E-state index in [0.29, 0.717) is 32.0 Å². The summed E-state index contributed by atoms with van der Waals surface area (Å²) in [6.07, 6.45) is 2.64. The van der Waals surface area contributed by atoms with E-state index in [-0.39, 0.29) is 31.3 Å². The number of hydrogen-bond donors (Lipinski definition) is 0. The maximum atomic E-state index is 12.3. The van der Waals surface area contributed by atoms with Crippen LogP contribution in [-0.4, -0.2) is 59.6 Å². The van der Waals surface area contributed by atoms with Crippen LogP contribution in [0.3, 0.4) is 0 Å². The number of hydrazone groups is 1. The van der Waals surface area contributed by atoms with Crippen LogP contribution in [0.4, 0.5) is 0 Å². The lowest BCUT2D eigenvalue weighted by atomic mass is 9.99. The van der Waals surface area contributed by atoms with Gasteiger partial charge in [-0.25, -0.2) is 5.01 Å². The van der Waals surface area contributed by atoms with Gasteiger partial charge < -0.3 is 9.64 Å². The molecule has 7 nitrogen and oxygen atoms in total. The van der Waals surface area contributed by atoms with Crippen molar-refractivity contribution >= 4 is 23.5 Å². The van der Waals surface area contributed by atoms with Crippen LogP contribution in [0.2, 0.25) is 0 Å². The lowest BCUT2D eigenvalue weighted by Gasteiger charge is -2.30. The lowest BCUT2D eigenvalue weighted by molar-refractivity contribution is -0.153. The van der Waals surface area contributed by atoms with Crippen LogP contribution in [0.25, 0.3) is 0 Å². The first kappa shape index (κ1) is 20.0. The molecule has 0 aliphatic carbocycles. The fourth-order valence-electron chi connectivity index (χ4n) is 3.37. The third-order valence-corrected chi connectivity index (χ3v) is 5.23. The molecule has 1 fully saturated rings. The summed E-state index contributed by atoms with van der Waals surface area (Å²) in [5.41, 5.74) is 1.88. The Labute approximate surface area is 165 Å². The van der Waals surface area contributed by atoms with Gasteiger partial charge in [0, 0.05) is 25.9 Å². The third-order valence-electron chi connectivity index (χ3n) is 5.23. The Hall–Kier alpha value is -2.70. The number of piperidine rings is 1. The van der Waals surface area contributed by atoms with Crippen LogP contribution in [0.15, 0.2) is 35.4 Å². The Morgan fingerprint density at radius 2 is 1.75 bits per heavy atom. The van der Waals surface area contributed by atoms with Crippen molar-refractivity contribution in [1.82, 2.24) is 9.91 Å². The van der Waals surface area contributed by atoms with Crippen LogP contribution >= 0.6 is 0 Å². The number of ether oxygens (including phenoxy) is 1. The zero-order chi connectivity index (χ0) is 19.9. The highest BCUT2D eigenvalue weighted by molar-refractivity contribution is 6.02. The van der Waals surface area contributed by atoms with Crippen molar-refractivity contribution in [2.75, 3.05) is 26.2 Å². The van der Waals surface area contributed by atoms with Gasteiger partial charge in [0.25, 0.3) is 5.91 Å². The summed E-state index contributed by atoms with van der Waals surface area (Å²) in [5, 5.41) is 5.78. The molecule has 2 aliphatic rings. The van der Waals surface area contributed by atoms with Crippen LogP contribution in [0, 0.1) is 5.92 Å². The Bertz CT molecular complexity index is 739. The number of esters is 1. The predicted octanol–water partition coefficient (Wildman–Crippen LogP) is 2.20. The molecule has 2 amide bonds. The quantitative estimate of drug-likeness (QED) is 0.703. The van der Waals surface area contributed by atoms with Crippen molar-refractivity contribution in [2.24, 2.45) is 11.0 Å². The highest BCUT2D eigenvalue weighted by Gasteiger charge is 2.23. The summed E-state index contributed by atoms with van der Waals surface area (Å²) in [4.78, 5) is 38.0. The molecule has 0 aromatic heterocycles. The Kier molecular flexibility index (Phi) is 6.79. The fraction of sp³-hybridized carbons (Fsp3) is 0.524. The molecule has 3 rings (SSSR count). The van der Waals surface area contributed by atoms with E-state index in [1.807, 2.05) is 30.3 Å². The Morgan fingerprint density at radius 3 is 2.46 bits per heavy atom. The largest absolute Gasteiger partial charge is 0.456 e. The average Bonchev–Trinajstić information content (AvgIpc) is 3.22. The minimum Gasteiger partial charge on any atom is -0.456 e. The number of hydrogen-bond acceptors (Lipinski definition) is 5. The van der Waals surface area contributed by atoms with Gasteiger partial charge in [-0.1, -0.05) is 37.3 Å². The molecule has 2 heterocycles. The molecule has 2 aliphatic heterocycles. The van der Waals surface area contributed by atoms with Gasteiger partial charge in [-0.2, -0.15) is 5.10 Å². The monoisotopic (exact) mass is 385 g/mol. The second-order valence-corrected chi connectivity index (χ2v) is 7.40. The number of benzene rings is 1. The van der Waals surface area contributed by atoms with Crippen LogP contribution in [-0.2, 0) is 19.1 Å². The average molecular weight is 385 g/mol. The highest BCUT2D eigenvalue weighted by Crippen LogP contribution is 2.17. The minimum absolute atomic E-state index is 0.0276. The summed E-state index contributed by atoms with van der Waals surface area (Å²) in [6.45, 7) is 3.87. The normalized spacial score (nSPS) is 17.4. The van der Waals surface area contributed by atoms with Crippen molar-refractivity contribution in [3.8, 4) is 0 Å². The second-order valence-electron chi connectivity index (χ2n) is 7.40. The molecule has 0 saturated carbocycles. The standard InChI is InChI=1S/C21H27N3O4/c1-16-9-12-23(13-10-16)20(26)15-28-21(27)8-7-19(25)24-14-11-18(22-24)17-5-3-2-4-6-17/h2-6,16H,7-15H2,1H3. The summed E-state index contributed by atoms with van der Waals surface area (Å²) < 4.78 is 5.05.